The van der Waals surface area contributed by atoms with Crippen molar-refractivity contribution in [3.05, 3.63) is 41.5 Å². The van der Waals surface area contributed by atoms with Crippen LogP contribution in [0.4, 0.5) is 10.5 Å². The quantitative estimate of drug-likeness (QED) is 0.663. The van der Waals surface area contributed by atoms with E-state index < -0.39 is 0 Å². The molecule has 1 aromatic carbocycles. The molecule has 0 aliphatic carbocycles. The minimum atomic E-state index is -0.359. The second kappa shape index (κ2) is 9.70. The summed E-state index contributed by atoms with van der Waals surface area (Å²) in [6.07, 6.45) is 3.49. The van der Waals surface area contributed by atoms with Crippen LogP contribution in [0.2, 0.25) is 0 Å². The molecule has 146 valence electrons. The Morgan fingerprint density at radius 3 is 2.70 bits per heavy atom. The van der Waals surface area contributed by atoms with Crippen LogP contribution in [-0.4, -0.2) is 33.2 Å². The minimum Gasteiger partial charge on any atom is -0.352 e. The monoisotopic (exact) mass is 372 g/mol. The highest BCUT2D eigenvalue weighted by Gasteiger charge is 2.16. The summed E-state index contributed by atoms with van der Waals surface area (Å²) in [5.74, 6) is 0.553. The summed E-state index contributed by atoms with van der Waals surface area (Å²) in [4.78, 5) is 24.5. The summed E-state index contributed by atoms with van der Waals surface area (Å²) in [6, 6.07) is 4.60. The lowest BCUT2D eigenvalue weighted by molar-refractivity contribution is 0.0953. The number of carbonyl (C=O) groups excluding carboxylic acids is 2. The topological polar surface area (TPSA) is 101 Å². The molecule has 0 radical (unpaired) electrons. The maximum absolute atomic E-state index is 12.4. The van der Waals surface area contributed by atoms with E-state index in [4.69, 9.17) is 0 Å². The van der Waals surface area contributed by atoms with E-state index in [1.165, 1.54) is 0 Å². The van der Waals surface area contributed by atoms with Crippen LogP contribution in [0, 0.1) is 6.92 Å². The molecule has 2 aromatic rings. The predicted octanol–water partition coefficient (Wildman–Crippen LogP) is 3.02. The number of benzene rings is 1. The molecule has 0 saturated heterocycles. The number of anilines is 1. The second-order valence-corrected chi connectivity index (χ2v) is 6.49. The number of nitrogens with zero attached hydrogens (tertiary/aromatic N) is 3. The zero-order valence-electron chi connectivity index (χ0n) is 16.4. The molecule has 0 bridgehead atoms. The van der Waals surface area contributed by atoms with E-state index in [-0.39, 0.29) is 18.0 Å². The van der Waals surface area contributed by atoms with Crippen molar-refractivity contribution in [3.63, 3.8) is 0 Å². The fraction of sp³-hybridized carbons (Fsp3) is 0.474. The van der Waals surface area contributed by atoms with Crippen LogP contribution >= 0.6 is 0 Å². The fourth-order valence-corrected chi connectivity index (χ4v) is 2.67. The summed E-state index contributed by atoms with van der Waals surface area (Å²) in [5, 5.41) is 16.5. The molecular weight excluding hydrogens is 344 g/mol. The summed E-state index contributed by atoms with van der Waals surface area (Å²) in [6.45, 7) is 9.22. The van der Waals surface area contributed by atoms with Crippen molar-refractivity contribution >= 4 is 17.6 Å². The van der Waals surface area contributed by atoms with Crippen LogP contribution < -0.4 is 16.0 Å². The van der Waals surface area contributed by atoms with Crippen molar-refractivity contribution in [2.75, 3.05) is 11.9 Å². The first-order valence-electron chi connectivity index (χ1n) is 9.30. The number of urea groups is 1. The molecule has 8 heteroatoms. The van der Waals surface area contributed by atoms with Crippen molar-refractivity contribution in [3.8, 4) is 0 Å². The van der Waals surface area contributed by atoms with Gasteiger partial charge in [-0.3, -0.25) is 4.79 Å². The molecular formula is C19H28N6O2. The van der Waals surface area contributed by atoms with Gasteiger partial charge < -0.3 is 20.5 Å². The molecule has 3 N–H and O–H groups in total. The fourth-order valence-electron chi connectivity index (χ4n) is 2.67. The lowest BCUT2D eigenvalue weighted by Crippen LogP contribution is -2.33. The Kier molecular flexibility index (Phi) is 7.34. The third-order valence-electron chi connectivity index (χ3n) is 4.13. The van der Waals surface area contributed by atoms with E-state index in [0.29, 0.717) is 23.6 Å². The van der Waals surface area contributed by atoms with Crippen molar-refractivity contribution < 1.29 is 9.59 Å². The Morgan fingerprint density at radius 1 is 1.22 bits per heavy atom. The van der Waals surface area contributed by atoms with Crippen LogP contribution in [0.25, 0.3) is 0 Å². The largest absolute Gasteiger partial charge is 0.352 e. The summed E-state index contributed by atoms with van der Waals surface area (Å²) < 4.78 is 1.93. The number of carbonyl (C=O) groups is 2. The van der Waals surface area contributed by atoms with Crippen molar-refractivity contribution in [2.24, 2.45) is 0 Å². The Labute approximate surface area is 159 Å². The molecule has 0 aliphatic heterocycles. The molecule has 1 unspecified atom stereocenters. The van der Waals surface area contributed by atoms with Crippen LogP contribution in [-0.2, 0) is 6.54 Å². The molecule has 0 saturated carbocycles. The van der Waals surface area contributed by atoms with Gasteiger partial charge in [-0.25, -0.2) is 4.79 Å². The highest BCUT2D eigenvalue weighted by Crippen LogP contribution is 2.18. The van der Waals surface area contributed by atoms with E-state index in [1.807, 2.05) is 31.4 Å². The number of aromatic nitrogens is 3. The van der Waals surface area contributed by atoms with Gasteiger partial charge in [-0.15, -0.1) is 10.2 Å². The number of amides is 3. The summed E-state index contributed by atoms with van der Waals surface area (Å²) >= 11 is 0. The zero-order chi connectivity index (χ0) is 19.8. The van der Waals surface area contributed by atoms with E-state index in [0.717, 1.165) is 24.9 Å². The minimum absolute atomic E-state index is 0.152. The number of rotatable bonds is 8. The van der Waals surface area contributed by atoms with Gasteiger partial charge >= 0.3 is 6.03 Å². The van der Waals surface area contributed by atoms with Crippen LogP contribution in [0.3, 0.4) is 0 Å². The molecule has 8 nitrogen and oxygen atoms in total. The molecule has 27 heavy (non-hydrogen) atoms. The van der Waals surface area contributed by atoms with Gasteiger partial charge in [-0.1, -0.05) is 19.9 Å². The molecule has 1 aromatic heterocycles. The van der Waals surface area contributed by atoms with Crippen LogP contribution in [0.1, 0.15) is 61.4 Å². The molecule has 0 fully saturated rings. The van der Waals surface area contributed by atoms with Gasteiger partial charge in [0.1, 0.15) is 6.33 Å². The highest BCUT2D eigenvalue weighted by molar-refractivity contribution is 5.97. The smallest absolute Gasteiger partial charge is 0.319 e. The average molecular weight is 372 g/mol. The molecule has 1 atom stereocenters. The number of aryl methyl sites for hydroxylation is 2. The Morgan fingerprint density at radius 2 is 2.00 bits per heavy atom. The molecule has 2 rings (SSSR count). The summed E-state index contributed by atoms with van der Waals surface area (Å²) in [5.41, 5.74) is 1.98. The maximum Gasteiger partial charge on any atom is 0.319 e. The Hall–Kier alpha value is -2.90. The molecule has 0 spiro atoms. The SMILES string of the molecule is CCCNC(=O)c1ccc(C)c(NC(=O)NC(C)c2nncn2CCC)c1. The standard InChI is InChI=1S/C19H28N6O2/c1-5-9-20-18(26)15-8-7-13(3)16(11-15)23-19(27)22-14(4)17-24-21-12-25(17)10-6-2/h7-8,11-12,14H,5-6,9-10H2,1-4H3,(H,20,26)(H2,22,23,27). The predicted molar refractivity (Wildman–Crippen MR) is 105 cm³/mol. The van der Waals surface area contributed by atoms with Gasteiger partial charge in [0.25, 0.3) is 5.91 Å². The molecule has 1 heterocycles. The van der Waals surface area contributed by atoms with Gasteiger partial charge in [-0.05, 0) is 44.4 Å². The van der Waals surface area contributed by atoms with Crippen molar-refractivity contribution in [2.45, 2.75) is 53.1 Å². The van der Waals surface area contributed by atoms with Gasteiger partial charge in [0.2, 0.25) is 0 Å². The van der Waals surface area contributed by atoms with E-state index in [9.17, 15) is 9.59 Å². The van der Waals surface area contributed by atoms with Crippen molar-refractivity contribution in [1.82, 2.24) is 25.4 Å². The normalized spacial score (nSPS) is 11.7. The summed E-state index contributed by atoms with van der Waals surface area (Å²) in [7, 11) is 0. The lowest BCUT2D eigenvalue weighted by Gasteiger charge is -2.16. The van der Waals surface area contributed by atoms with Gasteiger partial charge in [-0.2, -0.15) is 0 Å². The molecule has 3 amide bonds. The Bertz CT molecular complexity index is 786. The highest BCUT2D eigenvalue weighted by atomic mass is 16.2. The van der Waals surface area contributed by atoms with Gasteiger partial charge in [0, 0.05) is 24.3 Å². The lowest BCUT2D eigenvalue weighted by atomic mass is 10.1. The van der Waals surface area contributed by atoms with Crippen molar-refractivity contribution in [1.29, 1.82) is 0 Å². The van der Waals surface area contributed by atoms with Gasteiger partial charge in [0.15, 0.2) is 5.82 Å². The van der Waals surface area contributed by atoms with E-state index in [1.54, 1.807) is 18.5 Å². The first-order chi connectivity index (χ1) is 13.0. The number of hydrogen-bond donors (Lipinski definition) is 3. The first kappa shape index (κ1) is 20.4. The van der Waals surface area contributed by atoms with Crippen LogP contribution in [0.15, 0.2) is 24.5 Å². The van der Waals surface area contributed by atoms with Gasteiger partial charge in [0.05, 0.1) is 6.04 Å². The molecule has 0 aliphatic rings. The van der Waals surface area contributed by atoms with E-state index in [2.05, 4.69) is 33.1 Å². The zero-order valence-corrected chi connectivity index (χ0v) is 16.4. The maximum atomic E-state index is 12.4. The number of nitrogens with one attached hydrogen (secondary N) is 3. The third-order valence-corrected chi connectivity index (χ3v) is 4.13. The number of hydrogen-bond acceptors (Lipinski definition) is 4. The van der Waals surface area contributed by atoms with E-state index >= 15 is 0 Å². The average Bonchev–Trinajstić information content (AvgIpc) is 3.10. The Balaban J connectivity index is 2.04. The second-order valence-electron chi connectivity index (χ2n) is 6.49. The van der Waals surface area contributed by atoms with Crippen LogP contribution in [0.5, 0.6) is 0 Å². The third kappa shape index (κ3) is 5.54. The first-order valence-corrected chi connectivity index (χ1v) is 9.30.